The Morgan fingerprint density at radius 2 is 2.00 bits per heavy atom. The molecule has 0 saturated carbocycles. The molecular weight excluding hydrogens is 326 g/mol. The average Bonchev–Trinajstić information content (AvgIpc) is 3.04. The molecule has 1 aromatic carbocycles. The van der Waals surface area contributed by atoms with E-state index in [-0.39, 0.29) is 5.91 Å². The molecule has 1 aromatic heterocycles. The molecule has 0 fully saturated rings. The monoisotopic (exact) mass is 349 g/mol. The van der Waals surface area contributed by atoms with Crippen molar-refractivity contribution in [1.29, 1.82) is 0 Å². The van der Waals surface area contributed by atoms with Gasteiger partial charge in [0.1, 0.15) is 5.01 Å². The van der Waals surface area contributed by atoms with Crippen LogP contribution in [0.25, 0.3) is 0 Å². The van der Waals surface area contributed by atoms with Crippen LogP contribution < -0.4 is 14.8 Å². The fourth-order valence-electron chi connectivity index (χ4n) is 1.98. The van der Waals surface area contributed by atoms with Gasteiger partial charge in [-0.05, 0) is 38.0 Å². The minimum Gasteiger partial charge on any atom is -0.490 e. The van der Waals surface area contributed by atoms with E-state index < -0.39 is 0 Å². The third kappa shape index (κ3) is 4.92. The van der Waals surface area contributed by atoms with Crippen molar-refractivity contribution in [3.05, 3.63) is 28.8 Å². The highest BCUT2D eigenvalue weighted by molar-refractivity contribution is 7.15. The van der Waals surface area contributed by atoms with Gasteiger partial charge in [-0.25, -0.2) is 0 Å². The van der Waals surface area contributed by atoms with Crippen molar-refractivity contribution in [2.45, 2.75) is 40.0 Å². The van der Waals surface area contributed by atoms with Crippen molar-refractivity contribution in [1.82, 2.24) is 10.2 Å². The molecule has 0 bridgehead atoms. The first-order chi connectivity index (χ1) is 11.7. The maximum absolute atomic E-state index is 12.4. The lowest BCUT2D eigenvalue weighted by molar-refractivity contribution is 0.102. The van der Waals surface area contributed by atoms with Crippen LogP contribution in [0.3, 0.4) is 0 Å². The summed E-state index contributed by atoms with van der Waals surface area (Å²) in [5, 5.41) is 12.1. The van der Waals surface area contributed by atoms with E-state index in [1.165, 1.54) is 11.3 Å². The molecule has 0 atom stereocenters. The van der Waals surface area contributed by atoms with Crippen molar-refractivity contribution >= 4 is 22.4 Å². The molecule has 0 saturated heterocycles. The predicted molar refractivity (Wildman–Crippen MR) is 95.3 cm³/mol. The zero-order valence-electron chi connectivity index (χ0n) is 14.3. The molecule has 1 amide bonds. The van der Waals surface area contributed by atoms with Crippen LogP contribution in [0.15, 0.2) is 18.2 Å². The van der Waals surface area contributed by atoms with Gasteiger partial charge in [-0.1, -0.05) is 31.6 Å². The van der Waals surface area contributed by atoms with Crippen molar-refractivity contribution < 1.29 is 14.3 Å². The summed E-state index contributed by atoms with van der Waals surface area (Å²) < 4.78 is 11.3. The minimum absolute atomic E-state index is 0.241. The Bertz CT molecular complexity index is 673. The van der Waals surface area contributed by atoms with Gasteiger partial charge in [0.25, 0.3) is 5.91 Å². The second-order valence-corrected chi connectivity index (χ2v) is 6.17. The molecule has 2 aromatic rings. The van der Waals surface area contributed by atoms with Gasteiger partial charge in [-0.3, -0.25) is 10.1 Å². The van der Waals surface area contributed by atoms with Gasteiger partial charge in [0.15, 0.2) is 11.5 Å². The van der Waals surface area contributed by atoms with E-state index >= 15 is 0 Å². The van der Waals surface area contributed by atoms with Gasteiger partial charge in [0.2, 0.25) is 5.13 Å². The van der Waals surface area contributed by atoms with E-state index in [9.17, 15) is 4.79 Å². The molecule has 0 aliphatic heterocycles. The van der Waals surface area contributed by atoms with Crippen molar-refractivity contribution in [3.63, 3.8) is 0 Å². The van der Waals surface area contributed by atoms with Crippen LogP contribution in [0.1, 0.15) is 49.0 Å². The SMILES string of the molecule is CCCCOc1ccc(C(=O)Nc2nnc(CC)s2)cc1OCC. The standard InChI is InChI=1S/C17H23N3O3S/c1-4-7-10-23-13-9-8-12(11-14(13)22-6-3)16(21)18-17-20-19-15(5-2)24-17/h8-9,11H,4-7,10H2,1-3H3,(H,18,20,21). The smallest absolute Gasteiger partial charge is 0.257 e. The van der Waals surface area contributed by atoms with Crippen molar-refractivity contribution in [3.8, 4) is 11.5 Å². The lowest BCUT2D eigenvalue weighted by atomic mass is 10.2. The Balaban J connectivity index is 2.10. The Morgan fingerprint density at radius 3 is 2.67 bits per heavy atom. The first kappa shape index (κ1) is 18.2. The van der Waals surface area contributed by atoms with Crippen LogP contribution in [0, 0.1) is 0 Å². The number of unbranched alkanes of at least 4 members (excludes halogenated alkanes) is 1. The Labute approximate surface area is 146 Å². The number of anilines is 1. The number of hydrogen-bond donors (Lipinski definition) is 1. The summed E-state index contributed by atoms with van der Waals surface area (Å²) in [6, 6.07) is 5.19. The molecule has 0 spiro atoms. The molecule has 0 aliphatic carbocycles. The molecule has 0 radical (unpaired) electrons. The van der Waals surface area contributed by atoms with E-state index in [1.807, 2.05) is 13.8 Å². The van der Waals surface area contributed by atoms with Gasteiger partial charge in [0.05, 0.1) is 13.2 Å². The third-order valence-electron chi connectivity index (χ3n) is 3.25. The number of benzene rings is 1. The van der Waals surface area contributed by atoms with Gasteiger partial charge in [-0.2, -0.15) is 0 Å². The summed E-state index contributed by atoms with van der Waals surface area (Å²) in [6.07, 6.45) is 2.84. The number of amides is 1. The molecule has 0 aliphatic rings. The topological polar surface area (TPSA) is 73.3 Å². The van der Waals surface area contributed by atoms with Crippen LogP contribution in [0.4, 0.5) is 5.13 Å². The fourth-order valence-corrected chi connectivity index (χ4v) is 2.65. The van der Waals surface area contributed by atoms with Crippen LogP contribution in [0.5, 0.6) is 11.5 Å². The maximum atomic E-state index is 12.4. The Morgan fingerprint density at radius 1 is 1.17 bits per heavy atom. The van der Waals surface area contributed by atoms with E-state index in [0.717, 1.165) is 24.3 Å². The van der Waals surface area contributed by atoms with Crippen molar-refractivity contribution in [2.24, 2.45) is 0 Å². The van der Waals surface area contributed by atoms with Gasteiger partial charge in [-0.15, -0.1) is 10.2 Å². The van der Waals surface area contributed by atoms with E-state index in [2.05, 4.69) is 22.4 Å². The normalized spacial score (nSPS) is 10.5. The molecule has 130 valence electrons. The highest BCUT2D eigenvalue weighted by Crippen LogP contribution is 2.29. The zero-order chi connectivity index (χ0) is 17.4. The third-order valence-corrected chi connectivity index (χ3v) is 4.23. The van der Waals surface area contributed by atoms with Gasteiger partial charge in [0, 0.05) is 5.56 Å². The summed E-state index contributed by atoms with van der Waals surface area (Å²) in [4.78, 5) is 12.4. The first-order valence-corrected chi connectivity index (χ1v) is 9.02. The summed E-state index contributed by atoms with van der Waals surface area (Å²) in [5.41, 5.74) is 0.495. The van der Waals surface area contributed by atoms with Gasteiger partial charge >= 0.3 is 0 Å². The second-order valence-electron chi connectivity index (χ2n) is 5.11. The molecule has 0 unspecified atom stereocenters. The number of aromatic nitrogens is 2. The molecule has 6 nitrogen and oxygen atoms in total. The summed E-state index contributed by atoms with van der Waals surface area (Å²) in [5.74, 6) is 0.994. The first-order valence-electron chi connectivity index (χ1n) is 8.21. The fraction of sp³-hybridized carbons (Fsp3) is 0.471. The largest absolute Gasteiger partial charge is 0.490 e. The molecule has 1 heterocycles. The van der Waals surface area contributed by atoms with Gasteiger partial charge < -0.3 is 9.47 Å². The second kappa shape index (κ2) is 9.22. The lowest BCUT2D eigenvalue weighted by Crippen LogP contribution is -2.12. The number of hydrogen-bond acceptors (Lipinski definition) is 6. The van der Waals surface area contributed by atoms with E-state index in [1.54, 1.807) is 18.2 Å². The van der Waals surface area contributed by atoms with E-state index in [0.29, 0.717) is 35.4 Å². The van der Waals surface area contributed by atoms with Crippen LogP contribution >= 0.6 is 11.3 Å². The number of ether oxygens (including phenoxy) is 2. The van der Waals surface area contributed by atoms with Crippen LogP contribution in [0.2, 0.25) is 0 Å². The van der Waals surface area contributed by atoms with Crippen LogP contribution in [-0.4, -0.2) is 29.3 Å². The van der Waals surface area contributed by atoms with Crippen molar-refractivity contribution in [2.75, 3.05) is 18.5 Å². The quantitative estimate of drug-likeness (QED) is 0.694. The molecule has 2 rings (SSSR count). The Hall–Kier alpha value is -2.15. The van der Waals surface area contributed by atoms with E-state index in [4.69, 9.17) is 9.47 Å². The molecule has 24 heavy (non-hydrogen) atoms. The highest BCUT2D eigenvalue weighted by atomic mass is 32.1. The molecule has 7 heteroatoms. The molecular formula is C17H23N3O3S. The number of aryl methyl sites for hydroxylation is 1. The van der Waals surface area contributed by atoms with Crippen LogP contribution in [-0.2, 0) is 6.42 Å². The average molecular weight is 349 g/mol. The maximum Gasteiger partial charge on any atom is 0.257 e. The summed E-state index contributed by atoms with van der Waals surface area (Å²) >= 11 is 1.38. The molecule has 1 N–H and O–H groups in total. The summed E-state index contributed by atoms with van der Waals surface area (Å²) in [7, 11) is 0. The number of carbonyl (C=O) groups is 1. The summed E-state index contributed by atoms with van der Waals surface area (Å²) in [6.45, 7) is 7.14. The zero-order valence-corrected chi connectivity index (χ0v) is 15.1. The number of nitrogens with one attached hydrogen (secondary N) is 1. The number of nitrogens with zero attached hydrogens (tertiary/aromatic N) is 2. The Kier molecular flexibility index (Phi) is 6.99. The lowest BCUT2D eigenvalue weighted by Gasteiger charge is -2.13. The predicted octanol–water partition coefficient (Wildman–Crippen LogP) is 3.93. The number of rotatable bonds is 9. The minimum atomic E-state index is -0.241. The number of carbonyl (C=O) groups excluding carboxylic acids is 1. The highest BCUT2D eigenvalue weighted by Gasteiger charge is 2.13.